The van der Waals surface area contributed by atoms with E-state index in [9.17, 15) is 19.5 Å². The third kappa shape index (κ3) is 4.21. The fourth-order valence-electron chi connectivity index (χ4n) is 1.77. The van der Waals surface area contributed by atoms with Crippen LogP contribution in [0.1, 0.15) is 12.8 Å². The minimum absolute atomic E-state index is 0.301. The van der Waals surface area contributed by atoms with Crippen molar-refractivity contribution in [2.24, 2.45) is 0 Å². The Kier molecular flexibility index (Phi) is 4.90. The second-order valence-electron chi connectivity index (χ2n) is 4.14. The molecule has 1 rings (SSSR count). The summed E-state index contributed by atoms with van der Waals surface area (Å²) in [5, 5.41) is 26.6. The van der Waals surface area contributed by atoms with Gasteiger partial charge in [-0.25, -0.2) is 4.79 Å². The van der Waals surface area contributed by atoms with E-state index >= 15 is 0 Å². The van der Waals surface area contributed by atoms with Crippen LogP contribution in [0.4, 0.5) is 4.79 Å². The Bertz CT molecular complexity index is 321. The molecule has 0 atom stereocenters. The van der Waals surface area contributed by atoms with Crippen molar-refractivity contribution < 1.29 is 29.7 Å². The summed E-state index contributed by atoms with van der Waals surface area (Å²) in [6, 6.07) is -0.619. The molecule has 8 nitrogen and oxygen atoms in total. The van der Waals surface area contributed by atoms with Gasteiger partial charge in [-0.15, -0.1) is 0 Å². The standard InChI is InChI=1S/C10H16N2O6/c13-7-1-3-11(4-2-7)10(18)12(5-8(14)15)6-9(16)17/h7,13H,1-6H2,(H,14,15)(H,16,17). The number of aliphatic hydroxyl groups excluding tert-OH is 1. The van der Waals surface area contributed by atoms with E-state index in [4.69, 9.17) is 10.2 Å². The summed E-state index contributed by atoms with van der Waals surface area (Å²) in [4.78, 5) is 35.2. The van der Waals surface area contributed by atoms with Gasteiger partial charge in [0.2, 0.25) is 0 Å². The van der Waals surface area contributed by atoms with Crippen molar-refractivity contribution in [3.05, 3.63) is 0 Å². The minimum Gasteiger partial charge on any atom is -0.480 e. The Morgan fingerprint density at radius 1 is 1.06 bits per heavy atom. The zero-order valence-electron chi connectivity index (χ0n) is 9.78. The molecule has 0 aromatic carbocycles. The Labute approximate surface area is 103 Å². The van der Waals surface area contributed by atoms with Crippen molar-refractivity contribution in [3.63, 3.8) is 0 Å². The SMILES string of the molecule is O=C(O)CN(CC(=O)O)C(=O)N1CCC(O)CC1. The summed E-state index contributed by atoms with van der Waals surface area (Å²) in [6.07, 6.45) is 0.376. The maximum absolute atomic E-state index is 11.9. The topological polar surface area (TPSA) is 118 Å². The van der Waals surface area contributed by atoms with Gasteiger partial charge in [-0.3, -0.25) is 9.59 Å². The minimum atomic E-state index is -1.26. The quantitative estimate of drug-likeness (QED) is 0.598. The van der Waals surface area contributed by atoms with Crippen molar-refractivity contribution in [1.29, 1.82) is 0 Å². The number of urea groups is 1. The highest BCUT2D eigenvalue weighted by molar-refractivity contribution is 5.84. The van der Waals surface area contributed by atoms with Crippen LogP contribution in [0.2, 0.25) is 0 Å². The number of carbonyl (C=O) groups is 3. The number of amides is 2. The van der Waals surface area contributed by atoms with Gasteiger partial charge in [-0.2, -0.15) is 0 Å². The van der Waals surface area contributed by atoms with Gasteiger partial charge < -0.3 is 25.1 Å². The fourth-order valence-corrected chi connectivity index (χ4v) is 1.77. The summed E-state index contributed by atoms with van der Waals surface area (Å²) >= 11 is 0. The molecular weight excluding hydrogens is 244 g/mol. The molecule has 3 N–H and O–H groups in total. The van der Waals surface area contributed by atoms with Crippen molar-refractivity contribution in [1.82, 2.24) is 9.80 Å². The molecule has 0 aromatic heterocycles. The maximum atomic E-state index is 11.9. The summed E-state index contributed by atoms with van der Waals surface area (Å²) in [7, 11) is 0. The van der Waals surface area contributed by atoms with E-state index in [1.165, 1.54) is 4.90 Å². The van der Waals surface area contributed by atoms with E-state index in [0.29, 0.717) is 25.9 Å². The number of aliphatic carboxylic acids is 2. The van der Waals surface area contributed by atoms with Crippen LogP contribution in [0.3, 0.4) is 0 Å². The average Bonchev–Trinajstić information content (AvgIpc) is 2.27. The molecule has 0 unspecified atom stereocenters. The van der Waals surface area contributed by atoms with Crippen LogP contribution in [0.25, 0.3) is 0 Å². The van der Waals surface area contributed by atoms with Gasteiger partial charge in [-0.05, 0) is 12.8 Å². The number of hydrogen-bond acceptors (Lipinski definition) is 4. The Morgan fingerprint density at radius 2 is 1.50 bits per heavy atom. The van der Waals surface area contributed by atoms with Crippen LogP contribution in [-0.4, -0.2) is 75.4 Å². The molecule has 1 aliphatic rings. The number of nitrogens with zero attached hydrogens (tertiary/aromatic N) is 2. The zero-order chi connectivity index (χ0) is 13.7. The molecule has 102 valence electrons. The van der Waals surface area contributed by atoms with Crippen molar-refractivity contribution in [3.8, 4) is 0 Å². The summed E-state index contributed by atoms with van der Waals surface area (Å²) in [5.74, 6) is -2.52. The van der Waals surface area contributed by atoms with Crippen LogP contribution in [-0.2, 0) is 9.59 Å². The van der Waals surface area contributed by atoms with Gasteiger partial charge in [0.25, 0.3) is 0 Å². The largest absolute Gasteiger partial charge is 0.480 e. The van der Waals surface area contributed by atoms with E-state index in [-0.39, 0.29) is 0 Å². The number of rotatable bonds is 4. The second kappa shape index (κ2) is 6.20. The highest BCUT2D eigenvalue weighted by Gasteiger charge is 2.27. The first-order valence-corrected chi connectivity index (χ1v) is 5.55. The lowest BCUT2D eigenvalue weighted by atomic mass is 10.1. The molecule has 1 heterocycles. The molecule has 2 amide bonds. The van der Waals surface area contributed by atoms with E-state index in [1.54, 1.807) is 0 Å². The average molecular weight is 260 g/mol. The van der Waals surface area contributed by atoms with Gasteiger partial charge in [0.05, 0.1) is 6.10 Å². The Hall–Kier alpha value is -1.83. The van der Waals surface area contributed by atoms with Crippen LogP contribution in [0.15, 0.2) is 0 Å². The normalized spacial score (nSPS) is 16.4. The molecule has 18 heavy (non-hydrogen) atoms. The lowest BCUT2D eigenvalue weighted by Gasteiger charge is -2.33. The predicted molar refractivity (Wildman–Crippen MR) is 59.1 cm³/mol. The molecule has 1 saturated heterocycles. The summed E-state index contributed by atoms with van der Waals surface area (Å²) in [5.41, 5.74) is 0. The van der Waals surface area contributed by atoms with Crippen molar-refractivity contribution >= 4 is 18.0 Å². The monoisotopic (exact) mass is 260 g/mol. The van der Waals surface area contributed by atoms with Gasteiger partial charge >= 0.3 is 18.0 Å². The van der Waals surface area contributed by atoms with Gasteiger partial charge in [0.15, 0.2) is 0 Å². The van der Waals surface area contributed by atoms with E-state index in [0.717, 1.165) is 4.90 Å². The van der Waals surface area contributed by atoms with Crippen LogP contribution >= 0.6 is 0 Å². The van der Waals surface area contributed by atoms with Gasteiger partial charge in [0.1, 0.15) is 13.1 Å². The zero-order valence-corrected chi connectivity index (χ0v) is 9.78. The van der Waals surface area contributed by atoms with Gasteiger partial charge in [0, 0.05) is 13.1 Å². The smallest absolute Gasteiger partial charge is 0.323 e. The molecule has 0 aliphatic carbocycles. The number of piperidine rings is 1. The Balaban J connectivity index is 2.63. The lowest BCUT2D eigenvalue weighted by molar-refractivity contribution is -0.140. The van der Waals surface area contributed by atoms with Crippen molar-refractivity contribution in [2.45, 2.75) is 18.9 Å². The predicted octanol–water partition coefficient (Wildman–Crippen LogP) is -0.966. The number of carbonyl (C=O) groups excluding carboxylic acids is 1. The fraction of sp³-hybridized carbons (Fsp3) is 0.700. The third-order valence-electron chi connectivity index (χ3n) is 2.66. The molecule has 0 spiro atoms. The number of carboxylic acids is 2. The first kappa shape index (κ1) is 14.2. The molecular formula is C10H16N2O6. The molecule has 0 aromatic rings. The Morgan fingerprint density at radius 3 is 1.89 bits per heavy atom. The van der Waals surface area contributed by atoms with Crippen LogP contribution < -0.4 is 0 Å². The molecule has 1 fully saturated rings. The molecule has 8 heteroatoms. The van der Waals surface area contributed by atoms with E-state index in [2.05, 4.69) is 0 Å². The molecule has 0 saturated carbocycles. The van der Waals surface area contributed by atoms with Gasteiger partial charge in [-0.1, -0.05) is 0 Å². The first-order valence-electron chi connectivity index (χ1n) is 5.55. The number of hydrogen-bond donors (Lipinski definition) is 3. The summed E-state index contributed by atoms with van der Waals surface area (Å²) < 4.78 is 0. The summed E-state index contributed by atoms with van der Waals surface area (Å²) in [6.45, 7) is -0.695. The number of aliphatic hydroxyl groups is 1. The second-order valence-corrected chi connectivity index (χ2v) is 4.14. The third-order valence-corrected chi connectivity index (χ3v) is 2.66. The highest BCUT2D eigenvalue weighted by Crippen LogP contribution is 2.12. The first-order chi connectivity index (χ1) is 8.40. The number of carboxylic acid groups (broad SMARTS) is 2. The highest BCUT2D eigenvalue weighted by atomic mass is 16.4. The molecule has 0 bridgehead atoms. The van der Waals surface area contributed by atoms with E-state index < -0.39 is 37.2 Å². The molecule has 1 aliphatic heterocycles. The maximum Gasteiger partial charge on any atom is 0.323 e. The molecule has 0 radical (unpaired) electrons. The van der Waals surface area contributed by atoms with Crippen LogP contribution in [0.5, 0.6) is 0 Å². The lowest BCUT2D eigenvalue weighted by Crippen LogP contribution is -2.50. The van der Waals surface area contributed by atoms with Crippen LogP contribution in [0, 0.1) is 0 Å². The van der Waals surface area contributed by atoms with E-state index in [1.807, 2.05) is 0 Å². The van der Waals surface area contributed by atoms with Crippen molar-refractivity contribution in [2.75, 3.05) is 26.2 Å². The number of likely N-dealkylation sites (tertiary alicyclic amines) is 1.